The highest BCUT2D eigenvalue weighted by molar-refractivity contribution is 5.94. The minimum atomic E-state index is -0.252. The average molecular weight is 451 g/mol. The molecule has 2 heterocycles. The van der Waals surface area contributed by atoms with Gasteiger partial charge in [-0.2, -0.15) is 0 Å². The zero-order valence-corrected chi connectivity index (χ0v) is 19.6. The number of benzene rings is 2. The van der Waals surface area contributed by atoms with Gasteiger partial charge >= 0.3 is 0 Å². The number of ether oxygens (including phenoxy) is 1. The van der Waals surface area contributed by atoms with Crippen molar-refractivity contribution in [3.05, 3.63) is 59.7 Å². The molecule has 33 heavy (non-hydrogen) atoms. The summed E-state index contributed by atoms with van der Waals surface area (Å²) in [5, 5.41) is 3.04. The van der Waals surface area contributed by atoms with Gasteiger partial charge in [0.15, 0.2) is 0 Å². The van der Waals surface area contributed by atoms with Gasteiger partial charge in [0.1, 0.15) is 0 Å². The molecule has 2 aliphatic heterocycles. The molecule has 2 aromatic carbocycles. The number of aryl methyl sites for hydroxylation is 1. The number of anilines is 2. The molecule has 2 aliphatic rings. The summed E-state index contributed by atoms with van der Waals surface area (Å²) >= 11 is 0. The van der Waals surface area contributed by atoms with E-state index in [2.05, 4.69) is 15.1 Å². The molecule has 7 nitrogen and oxygen atoms in total. The zero-order valence-electron chi connectivity index (χ0n) is 19.6. The molecule has 0 saturated carbocycles. The molecule has 0 aromatic heterocycles. The lowest BCUT2D eigenvalue weighted by atomic mass is 10.1. The van der Waals surface area contributed by atoms with Gasteiger partial charge in [0.25, 0.3) is 0 Å². The summed E-state index contributed by atoms with van der Waals surface area (Å²) < 4.78 is 5.41. The summed E-state index contributed by atoms with van der Waals surface area (Å²) in [6.07, 6.45) is 0.427. The van der Waals surface area contributed by atoms with E-state index in [0.717, 1.165) is 43.2 Å². The summed E-state index contributed by atoms with van der Waals surface area (Å²) in [4.78, 5) is 31.8. The first-order valence-electron chi connectivity index (χ1n) is 11.8. The van der Waals surface area contributed by atoms with E-state index in [1.54, 1.807) is 0 Å². The maximum Gasteiger partial charge on any atom is 0.241 e. The molecule has 2 aromatic rings. The number of hydrogen-bond donors (Lipinski definition) is 1. The van der Waals surface area contributed by atoms with Crippen LogP contribution in [0.5, 0.6) is 0 Å². The number of nitrogens with zero attached hydrogens (tertiary/aromatic N) is 3. The minimum absolute atomic E-state index is 0.0199. The number of rotatable bonds is 6. The molecule has 0 bridgehead atoms. The van der Waals surface area contributed by atoms with Gasteiger partial charge in [-0.3, -0.25) is 14.5 Å². The molecule has 0 spiro atoms. The van der Waals surface area contributed by atoms with Crippen LogP contribution in [0.4, 0.5) is 11.4 Å². The Hall–Kier alpha value is -2.90. The van der Waals surface area contributed by atoms with E-state index in [1.165, 1.54) is 5.56 Å². The fourth-order valence-electron chi connectivity index (χ4n) is 4.34. The molecule has 7 heteroatoms. The molecule has 1 unspecified atom stereocenters. The number of piperazine rings is 1. The first-order chi connectivity index (χ1) is 16.0. The molecule has 2 amide bonds. The predicted octanol–water partition coefficient (Wildman–Crippen LogP) is 2.55. The second-order valence-electron chi connectivity index (χ2n) is 8.89. The summed E-state index contributed by atoms with van der Waals surface area (Å²) in [5.41, 5.74) is 4.19. The summed E-state index contributed by atoms with van der Waals surface area (Å²) in [6.45, 7) is 9.96. The van der Waals surface area contributed by atoms with Crippen LogP contribution in [0.3, 0.4) is 0 Å². The zero-order chi connectivity index (χ0) is 23.2. The Bertz CT molecular complexity index is 931. The fraction of sp³-hybridized carbons (Fsp3) is 0.462. The highest BCUT2D eigenvalue weighted by Gasteiger charge is 2.27. The van der Waals surface area contributed by atoms with Gasteiger partial charge in [-0.1, -0.05) is 29.8 Å². The molecule has 2 fully saturated rings. The smallest absolute Gasteiger partial charge is 0.241 e. The Balaban J connectivity index is 1.24. The van der Waals surface area contributed by atoms with Gasteiger partial charge in [0.05, 0.1) is 25.7 Å². The Labute approximate surface area is 196 Å². The number of carbonyl (C=O) groups excluding carboxylic acids is 2. The van der Waals surface area contributed by atoms with Crippen molar-refractivity contribution in [2.75, 3.05) is 62.7 Å². The van der Waals surface area contributed by atoms with Gasteiger partial charge in [-0.05, 0) is 43.7 Å². The molecular weight excluding hydrogens is 416 g/mol. The van der Waals surface area contributed by atoms with Gasteiger partial charge in [-0.25, -0.2) is 0 Å². The monoisotopic (exact) mass is 450 g/mol. The van der Waals surface area contributed by atoms with E-state index in [4.69, 9.17) is 4.74 Å². The van der Waals surface area contributed by atoms with Crippen molar-refractivity contribution in [3.63, 3.8) is 0 Å². The van der Waals surface area contributed by atoms with Crippen molar-refractivity contribution in [3.8, 4) is 0 Å². The van der Waals surface area contributed by atoms with Gasteiger partial charge < -0.3 is 19.9 Å². The van der Waals surface area contributed by atoms with Crippen molar-refractivity contribution in [1.82, 2.24) is 9.80 Å². The van der Waals surface area contributed by atoms with Crippen LogP contribution < -0.4 is 10.2 Å². The Morgan fingerprint density at radius 2 is 1.55 bits per heavy atom. The first-order valence-corrected chi connectivity index (χ1v) is 11.8. The Kier molecular flexibility index (Phi) is 7.62. The quantitative estimate of drug-likeness (QED) is 0.733. The van der Waals surface area contributed by atoms with E-state index in [1.807, 2.05) is 67.3 Å². The van der Waals surface area contributed by atoms with Crippen molar-refractivity contribution < 1.29 is 14.3 Å². The number of hydrogen-bond acceptors (Lipinski definition) is 5. The first kappa shape index (κ1) is 23.3. The second kappa shape index (κ2) is 10.8. The minimum Gasteiger partial charge on any atom is -0.378 e. The molecule has 2 saturated heterocycles. The number of morpholine rings is 1. The predicted molar refractivity (Wildman–Crippen MR) is 131 cm³/mol. The summed E-state index contributed by atoms with van der Waals surface area (Å²) in [5.74, 6) is 0.129. The van der Waals surface area contributed by atoms with E-state index in [9.17, 15) is 9.59 Å². The van der Waals surface area contributed by atoms with Gasteiger partial charge in [-0.15, -0.1) is 0 Å². The SMILES string of the molecule is Cc1ccc(CC(=O)N2CCN(C(C)C(=O)Nc3ccc(N4CCOCC4)cc3)CC2)cc1. The van der Waals surface area contributed by atoms with Crippen LogP contribution >= 0.6 is 0 Å². The number of carbonyl (C=O) groups is 2. The fourth-order valence-corrected chi connectivity index (χ4v) is 4.34. The van der Waals surface area contributed by atoms with Crippen LogP contribution in [0.25, 0.3) is 0 Å². The van der Waals surface area contributed by atoms with Crippen LogP contribution in [-0.4, -0.2) is 80.1 Å². The summed E-state index contributed by atoms with van der Waals surface area (Å²) in [7, 11) is 0. The van der Waals surface area contributed by atoms with Crippen molar-refractivity contribution in [1.29, 1.82) is 0 Å². The van der Waals surface area contributed by atoms with E-state index >= 15 is 0 Å². The molecule has 176 valence electrons. The van der Waals surface area contributed by atoms with Crippen molar-refractivity contribution >= 4 is 23.2 Å². The average Bonchev–Trinajstić information content (AvgIpc) is 2.86. The van der Waals surface area contributed by atoms with Crippen LogP contribution in [0.2, 0.25) is 0 Å². The van der Waals surface area contributed by atoms with Crippen molar-refractivity contribution in [2.24, 2.45) is 0 Å². The lowest BCUT2D eigenvalue weighted by Crippen LogP contribution is -2.54. The highest BCUT2D eigenvalue weighted by atomic mass is 16.5. The topological polar surface area (TPSA) is 65.1 Å². The molecular formula is C26H34N4O3. The lowest BCUT2D eigenvalue weighted by molar-refractivity contribution is -0.133. The summed E-state index contributed by atoms with van der Waals surface area (Å²) in [6, 6.07) is 15.9. The Morgan fingerprint density at radius 1 is 0.909 bits per heavy atom. The normalized spacial score (nSPS) is 18.1. The molecule has 1 N–H and O–H groups in total. The van der Waals surface area contributed by atoms with Crippen molar-refractivity contribution in [2.45, 2.75) is 26.3 Å². The molecule has 0 radical (unpaired) electrons. The highest BCUT2D eigenvalue weighted by Crippen LogP contribution is 2.20. The van der Waals surface area contributed by atoms with Gasteiger partial charge in [0, 0.05) is 50.6 Å². The third-order valence-corrected chi connectivity index (χ3v) is 6.58. The maximum absolute atomic E-state index is 12.8. The molecule has 1 atom stereocenters. The lowest BCUT2D eigenvalue weighted by Gasteiger charge is -2.37. The van der Waals surface area contributed by atoms with E-state index < -0.39 is 0 Å². The van der Waals surface area contributed by atoms with Crippen LogP contribution in [-0.2, 0) is 20.7 Å². The third kappa shape index (κ3) is 6.12. The molecule has 4 rings (SSSR count). The number of amides is 2. The van der Waals surface area contributed by atoms with Gasteiger partial charge in [0.2, 0.25) is 11.8 Å². The van der Waals surface area contributed by atoms with E-state index in [-0.39, 0.29) is 17.9 Å². The number of nitrogens with one attached hydrogen (secondary N) is 1. The van der Waals surface area contributed by atoms with Crippen LogP contribution in [0.1, 0.15) is 18.1 Å². The third-order valence-electron chi connectivity index (χ3n) is 6.58. The second-order valence-corrected chi connectivity index (χ2v) is 8.89. The maximum atomic E-state index is 12.8. The molecule has 0 aliphatic carbocycles. The van der Waals surface area contributed by atoms with Crippen LogP contribution in [0.15, 0.2) is 48.5 Å². The Morgan fingerprint density at radius 3 is 2.18 bits per heavy atom. The standard InChI is InChI=1S/C26H34N4O3/c1-20-3-5-22(6-4-20)19-25(31)30-13-11-28(12-14-30)21(2)26(32)27-23-7-9-24(10-8-23)29-15-17-33-18-16-29/h3-10,21H,11-19H2,1-2H3,(H,27,32). The van der Waals surface area contributed by atoms with Crippen LogP contribution in [0, 0.1) is 6.92 Å². The largest absolute Gasteiger partial charge is 0.378 e. The van der Waals surface area contributed by atoms with E-state index in [0.29, 0.717) is 32.6 Å².